The van der Waals surface area contributed by atoms with Crippen molar-refractivity contribution in [2.45, 2.75) is 6.92 Å². The standard InChI is InChI=1S/C17H17ClN2O2/c1-4-10-20(11-5-2)17(21)15-12(3)22-19-16(15)13-8-6-7-9-14(13)18/h4-9H,1-2,10-11H2,3H3. The van der Waals surface area contributed by atoms with Crippen LogP contribution >= 0.6 is 11.6 Å². The Balaban J connectivity index is 2.49. The number of halogens is 1. The largest absolute Gasteiger partial charge is 0.360 e. The fraction of sp³-hybridized carbons (Fsp3) is 0.176. The second kappa shape index (κ2) is 7.09. The maximum atomic E-state index is 12.8. The van der Waals surface area contributed by atoms with Gasteiger partial charge in [0.1, 0.15) is 17.0 Å². The number of carbonyl (C=O) groups excluding carboxylic acids is 1. The highest BCUT2D eigenvalue weighted by Gasteiger charge is 2.26. The Kier molecular flexibility index (Phi) is 5.17. The normalized spacial score (nSPS) is 10.3. The Morgan fingerprint density at radius 3 is 2.55 bits per heavy atom. The van der Waals surface area contributed by atoms with Crippen molar-refractivity contribution in [2.75, 3.05) is 13.1 Å². The number of hydrogen-bond acceptors (Lipinski definition) is 3. The Morgan fingerprint density at radius 2 is 1.95 bits per heavy atom. The molecule has 0 aliphatic carbocycles. The monoisotopic (exact) mass is 316 g/mol. The third-order valence-electron chi connectivity index (χ3n) is 3.19. The molecule has 1 aromatic heterocycles. The average molecular weight is 317 g/mol. The lowest BCUT2D eigenvalue weighted by atomic mass is 10.0. The topological polar surface area (TPSA) is 46.3 Å². The van der Waals surface area contributed by atoms with Crippen LogP contribution in [0, 0.1) is 6.92 Å². The molecule has 0 aliphatic heterocycles. The zero-order valence-electron chi connectivity index (χ0n) is 12.4. The molecule has 0 saturated carbocycles. The molecular weight excluding hydrogens is 300 g/mol. The lowest BCUT2D eigenvalue weighted by Gasteiger charge is -2.19. The minimum absolute atomic E-state index is 0.187. The Bertz CT molecular complexity index is 696. The molecule has 0 aliphatic rings. The van der Waals surface area contributed by atoms with E-state index < -0.39 is 0 Å². The fourth-order valence-corrected chi connectivity index (χ4v) is 2.40. The molecule has 5 heteroatoms. The molecule has 0 spiro atoms. The van der Waals surface area contributed by atoms with E-state index in [-0.39, 0.29) is 5.91 Å². The average Bonchev–Trinajstić information content (AvgIpc) is 2.88. The molecule has 0 saturated heterocycles. The predicted octanol–water partition coefficient (Wildman–Crippen LogP) is 4.12. The molecule has 0 N–H and O–H groups in total. The van der Waals surface area contributed by atoms with Gasteiger partial charge in [-0.2, -0.15) is 0 Å². The maximum absolute atomic E-state index is 12.8. The van der Waals surface area contributed by atoms with E-state index in [0.29, 0.717) is 40.7 Å². The van der Waals surface area contributed by atoms with Crippen molar-refractivity contribution in [1.82, 2.24) is 10.1 Å². The van der Waals surface area contributed by atoms with Gasteiger partial charge >= 0.3 is 0 Å². The van der Waals surface area contributed by atoms with Crippen molar-refractivity contribution in [2.24, 2.45) is 0 Å². The summed E-state index contributed by atoms with van der Waals surface area (Å²) in [5.41, 5.74) is 1.53. The van der Waals surface area contributed by atoms with Crippen LogP contribution in [0.1, 0.15) is 16.1 Å². The molecule has 1 aromatic carbocycles. The number of rotatable bonds is 6. The smallest absolute Gasteiger partial charge is 0.260 e. The van der Waals surface area contributed by atoms with Crippen LogP contribution in [-0.2, 0) is 0 Å². The number of carbonyl (C=O) groups is 1. The number of amides is 1. The first kappa shape index (κ1) is 16.0. The number of hydrogen-bond donors (Lipinski definition) is 0. The molecule has 114 valence electrons. The summed E-state index contributed by atoms with van der Waals surface area (Å²) in [5, 5.41) is 4.53. The molecular formula is C17H17ClN2O2. The molecule has 0 bridgehead atoms. The Hall–Kier alpha value is -2.33. The van der Waals surface area contributed by atoms with Gasteiger partial charge in [0.25, 0.3) is 5.91 Å². The molecule has 2 aromatic rings. The zero-order chi connectivity index (χ0) is 16.1. The Labute approximate surface area is 134 Å². The van der Waals surface area contributed by atoms with Crippen LogP contribution in [0.25, 0.3) is 11.3 Å². The van der Waals surface area contributed by atoms with E-state index in [4.69, 9.17) is 16.1 Å². The van der Waals surface area contributed by atoms with Crippen molar-refractivity contribution in [3.05, 3.63) is 65.9 Å². The number of nitrogens with zero attached hydrogens (tertiary/aromatic N) is 2. The molecule has 22 heavy (non-hydrogen) atoms. The molecule has 1 heterocycles. The van der Waals surface area contributed by atoms with Crippen LogP contribution in [0.5, 0.6) is 0 Å². The van der Waals surface area contributed by atoms with E-state index in [1.807, 2.05) is 18.2 Å². The van der Waals surface area contributed by atoms with Gasteiger partial charge in [-0.05, 0) is 13.0 Å². The summed E-state index contributed by atoms with van der Waals surface area (Å²) >= 11 is 6.21. The van der Waals surface area contributed by atoms with Crippen molar-refractivity contribution in [1.29, 1.82) is 0 Å². The molecule has 4 nitrogen and oxygen atoms in total. The molecule has 1 amide bonds. The van der Waals surface area contributed by atoms with E-state index in [0.717, 1.165) is 0 Å². The summed E-state index contributed by atoms with van der Waals surface area (Å²) < 4.78 is 5.22. The minimum atomic E-state index is -0.187. The first-order valence-corrected chi connectivity index (χ1v) is 7.20. The first-order valence-electron chi connectivity index (χ1n) is 6.82. The van der Waals surface area contributed by atoms with Gasteiger partial charge in [-0.3, -0.25) is 4.79 Å². The first-order chi connectivity index (χ1) is 10.6. The highest BCUT2D eigenvalue weighted by Crippen LogP contribution is 2.31. The van der Waals surface area contributed by atoms with E-state index >= 15 is 0 Å². The summed E-state index contributed by atoms with van der Waals surface area (Å²) in [7, 11) is 0. The van der Waals surface area contributed by atoms with Gasteiger partial charge in [0.15, 0.2) is 0 Å². The van der Waals surface area contributed by atoms with Crippen LogP contribution in [0.4, 0.5) is 0 Å². The van der Waals surface area contributed by atoms with Crippen molar-refractivity contribution in [3.8, 4) is 11.3 Å². The zero-order valence-corrected chi connectivity index (χ0v) is 13.1. The minimum Gasteiger partial charge on any atom is -0.360 e. The van der Waals surface area contributed by atoms with Crippen LogP contribution < -0.4 is 0 Å². The Morgan fingerprint density at radius 1 is 1.32 bits per heavy atom. The van der Waals surface area contributed by atoms with Gasteiger partial charge in [0, 0.05) is 18.7 Å². The second-order valence-electron chi connectivity index (χ2n) is 4.73. The van der Waals surface area contributed by atoms with Gasteiger partial charge < -0.3 is 9.42 Å². The predicted molar refractivity (Wildman–Crippen MR) is 88.0 cm³/mol. The lowest BCUT2D eigenvalue weighted by Crippen LogP contribution is -2.31. The van der Waals surface area contributed by atoms with Crippen molar-refractivity contribution < 1.29 is 9.32 Å². The second-order valence-corrected chi connectivity index (χ2v) is 5.14. The van der Waals surface area contributed by atoms with Gasteiger partial charge in [-0.25, -0.2) is 0 Å². The molecule has 0 atom stereocenters. The number of aryl methyl sites for hydroxylation is 1. The third kappa shape index (κ3) is 3.12. The van der Waals surface area contributed by atoms with Crippen LogP contribution in [0.15, 0.2) is 54.1 Å². The van der Waals surface area contributed by atoms with E-state index in [1.165, 1.54) is 0 Å². The molecule has 2 rings (SSSR count). The third-order valence-corrected chi connectivity index (χ3v) is 3.52. The summed E-state index contributed by atoms with van der Waals surface area (Å²) in [5.74, 6) is 0.270. The summed E-state index contributed by atoms with van der Waals surface area (Å²) in [4.78, 5) is 14.4. The van der Waals surface area contributed by atoms with Gasteiger partial charge in [-0.1, -0.05) is 47.1 Å². The van der Waals surface area contributed by atoms with Crippen LogP contribution in [-0.4, -0.2) is 29.1 Å². The molecule has 0 unspecified atom stereocenters. The lowest BCUT2D eigenvalue weighted by molar-refractivity contribution is 0.0789. The van der Waals surface area contributed by atoms with E-state index in [9.17, 15) is 4.79 Å². The highest BCUT2D eigenvalue weighted by atomic mass is 35.5. The summed E-state index contributed by atoms with van der Waals surface area (Å²) in [6.45, 7) is 9.89. The highest BCUT2D eigenvalue weighted by molar-refractivity contribution is 6.33. The summed E-state index contributed by atoms with van der Waals surface area (Å²) in [6.07, 6.45) is 3.33. The quantitative estimate of drug-likeness (QED) is 0.753. The van der Waals surface area contributed by atoms with Gasteiger partial charge in [0.05, 0.1) is 5.02 Å². The van der Waals surface area contributed by atoms with Crippen LogP contribution in [0.2, 0.25) is 5.02 Å². The van der Waals surface area contributed by atoms with Gasteiger partial charge in [0.2, 0.25) is 0 Å². The van der Waals surface area contributed by atoms with E-state index in [2.05, 4.69) is 18.3 Å². The number of aromatic nitrogens is 1. The van der Waals surface area contributed by atoms with Crippen LogP contribution in [0.3, 0.4) is 0 Å². The van der Waals surface area contributed by atoms with E-state index in [1.54, 1.807) is 30.0 Å². The number of benzene rings is 1. The molecule has 0 radical (unpaired) electrons. The van der Waals surface area contributed by atoms with Crippen molar-refractivity contribution >= 4 is 17.5 Å². The SMILES string of the molecule is C=CCN(CC=C)C(=O)c1c(-c2ccccc2Cl)noc1C. The molecule has 0 fully saturated rings. The maximum Gasteiger partial charge on any atom is 0.260 e. The van der Waals surface area contributed by atoms with Crippen molar-refractivity contribution in [3.63, 3.8) is 0 Å². The van der Waals surface area contributed by atoms with Gasteiger partial charge in [-0.15, -0.1) is 13.2 Å². The fourth-order valence-electron chi connectivity index (χ4n) is 2.17. The summed E-state index contributed by atoms with van der Waals surface area (Å²) in [6, 6.07) is 7.22.